The fraction of sp³-hybridized carbons (Fsp3) is 0.767. The van der Waals surface area contributed by atoms with E-state index in [4.69, 9.17) is 9.47 Å². The minimum atomic E-state index is -0.0687. The number of ether oxygens (including phenoxy) is 2. The number of hydrogen-bond acceptors (Lipinski definition) is 4. The predicted molar refractivity (Wildman–Crippen MR) is 189 cm³/mol. The molecule has 0 saturated heterocycles. The fourth-order valence-corrected chi connectivity index (χ4v) is 13.5. The first kappa shape index (κ1) is 34.9. The van der Waals surface area contributed by atoms with Crippen molar-refractivity contribution in [1.82, 2.24) is 0 Å². The lowest BCUT2D eigenvalue weighted by molar-refractivity contribution is -0.250. The van der Waals surface area contributed by atoms with Gasteiger partial charge in [-0.2, -0.15) is 0 Å². The molecule has 0 amide bonds. The molecule has 47 heavy (non-hydrogen) atoms. The molecule has 6 rings (SSSR count). The highest BCUT2D eigenvalue weighted by Crippen LogP contribution is 2.77. The van der Waals surface area contributed by atoms with Crippen molar-refractivity contribution in [3.8, 4) is 0 Å². The summed E-state index contributed by atoms with van der Waals surface area (Å²) in [5.41, 5.74) is 3.44. The highest BCUT2D eigenvalue weighted by atomic mass is 16.5. The Kier molecular flexibility index (Phi) is 9.47. The zero-order valence-corrected chi connectivity index (χ0v) is 30.7. The second-order valence-corrected chi connectivity index (χ2v) is 18.6. The summed E-state index contributed by atoms with van der Waals surface area (Å²) in [6, 6.07) is 10.2. The summed E-state index contributed by atoms with van der Waals surface area (Å²) >= 11 is 0. The SMILES string of the molecule is C=C(C)[C@@H]1CC[C@]2(CC=O)CC[C@]3(C)[C@H](CC[C@@H]4[C@@]5(C)CC[C@H](OC(=O)CC(C)COCc6ccccc6)C(C)(C)[C@@H]5CC[C@]43C)[C@@H]12. The smallest absolute Gasteiger partial charge is 0.306 e. The molecule has 0 bridgehead atoms. The van der Waals surface area contributed by atoms with E-state index in [9.17, 15) is 9.59 Å². The van der Waals surface area contributed by atoms with Crippen molar-refractivity contribution in [2.45, 2.75) is 138 Å². The summed E-state index contributed by atoms with van der Waals surface area (Å²) in [5, 5.41) is 0. The van der Waals surface area contributed by atoms with E-state index in [-0.39, 0.29) is 45.1 Å². The first-order valence-corrected chi connectivity index (χ1v) is 19.1. The number of fused-ring (bicyclic) bond motifs is 7. The Morgan fingerprint density at radius 1 is 0.915 bits per heavy atom. The molecule has 4 nitrogen and oxygen atoms in total. The van der Waals surface area contributed by atoms with Crippen LogP contribution in [0, 0.1) is 62.6 Å². The van der Waals surface area contributed by atoms with E-state index in [0.29, 0.717) is 49.2 Å². The summed E-state index contributed by atoms with van der Waals surface area (Å²) in [6.45, 7) is 22.8. The van der Waals surface area contributed by atoms with Crippen molar-refractivity contribution in [2.75, 3.05) is 6.61 Å². The molecule has 0 aromatic heterocycles. The second-order valence-electron chi connectivity index (χ2n) is 18.6. The highest BCUT2D eigenvalue weighted by molar-refractivity contribution is 5.70. The van der Waals surface area contributed by atoms with Crippen molar-refractivity contribution in [3.63, 3.8) is 0 Å². The van der Waals surface area contributed by atoms with Crippen molar-refractivity contribution >= 4 is 12.3 Å². The molecule has 5 aliphatic rings. The molecule has 0 heterocycles. The molecule has 5 fully saturated rings. The third-order valence-corrected chi connectivity index (χ3v) is 16.0. The minimum absolute atomic E-state index is 0.0322. The maximum atomic E-state index is 13.3. The van der Waals surface area contributed by atoms with Gasteiger partial charge in [0.15, 0.2) is 0 Å². The number of esters is 1. The average Bonchev–Trinajstić information content (AvgIpc) is 3.39. The normalized spacial score (nSPS) is 42.6. The Balaban J connectivity index is 1.14. The molecule has 5 aliphatic carbocycles. The van der Waals surface area contributed by atoms with E-state index in [1.807, 2.05) is 18.2 Å². The monoisotopic (exact) mass is 644 g/mol. The van der Waals surface area contributed by atoms with Crippen LogP contribution in [0.4, 0.5) is 0 Å². The molecular formula is C43H64O4. The lowest BCUT2D eigenvalue weighted by Crippen LogP contribution is -2.66. The number of benzene rings is 1. The van der Waals surface area contributed by atoms with Gasteiger partial charge in [-0.25, -0.2) is 0 Å². The fourth-order valence-electron chi connectivity index (χ4n) is 13.5. The standard InChI is InChI=1S/C43H64O4/c1-29(2)32-16-21-43(24-25-44)23-22-41(7)33(38(32)43)14-15-35-40(6)19-18-36(39(4,5)34(40)17-20-42(35,41)8)47-37(45)26-30(3)27-46-28-31-12-10-9-11-13-31/h9-13,25,30,32-36,38H,1,14-24,26-28H2,2-8H3/t30?,32-,33+,34-,35+,36-,38+,40-,41+,42+,43+/m0/s1. The highest BCUT2D eigenvalue weighted by Gasteiger charge is 2.71. The lowest BCUT2D eigenvalue weighted by Gasteiger charge is -2.73. The third-order valence-electron chi connectivity index (χ3n) is 16.0. The van der Waals surface area contributed by atoms with Crippen LogP contribution >= 0.6 is 0 Å². The molecule has 260 valence electrons. The molecule has 0 radical (unpaired) electrons. The zero-order chi connectivity index (χ0) is 33.8. The Morgan fingerprint density at radius 3 is 2.36 bits per heavy atom. The summed E-state index contributed by atoms with van der Waals surface area (Å²) < 4.78 is 12.3. The van der Waals surface area contributed by atoms with Crippen molar-refractivity contribution < 1.29 is 19.1 Å². The van der Waals surface area contributed by atoms with Crippen LogP contribution in [0.3, 0.4) is 0 Å². The number of carbonyl (C=O) groups is 2. The maximum absolute atomic E-state index is 13.3. The molecule has 1 aromatic rings. The van der Waals surface area contributed by atoms with E-state index >= 15 is 0 Å². The molecule has 1 unspecified atom stereocenters. The van der Waals surface area contributed by atoms with Crippen molar-refractivity contribution in [1.29, 1.82) is 0 Å². The van der Waals surface area contributed by atoms with Gasteiger partial charge >= 0.3 is 5.97 Å². The van der Waals surface area contributed by atoms with E-state index in [2.05, 4.69) is 67.2 Å². The molecule has 0 aliphatic heterocycles. The van der Waals surface area contributed by atoms with Crippen LogP contribution in [0.15, 0.2) is 42.5 Å². The summed E-state index contributed by atoms with van der Waals surface area (Å²) in [6.07, 6.45) is 14.4. The Labute approximate surface area is 286 Å². The lowest BCUT2D eigenvalue weighted by atomic mass is 9.32. The van der Waals surface area contributed by atoms with Crippen LogP contribution in [-0.4, -0.2) is 25.0 Å². The van der Waals surface area contributed by atoms with Gasteiger partial charge in [0, 0.05) is 11.8 Å². The van der Waals surface area contributed by atoms with E-state index in [1.54, 1.807) is 0 Å². The van der Waals surface area contributed by atoms with Crippen LogP contribution < -0.4 is 0 Å². The van der Waals surface area contributed by atoms with E-state index < -0.39 is 0 Å². The van der Waals surface area contributed by atoms with Crippen molar-refractivity contribution in [3.05, 3.63) is 48.0 Å². The van der Waals surface area contributed by atoms with Gasteiger partial charge < -0.3 is 14.3 Å². The first-order chi connectivity index (χ1) is 22.2. The maximum Gasteiger partial charge on any atom is 0.306 e. The van der Waals surface area contributed by atoms with Gasteiger partial charge in [0.2, 0.25) is 0 Å². The van der Waals surface area contributed by atoms with Crippen molar-refractivity contribution in [2.24, 2.45) is 62.6 Å². The number of hydrogen-bond donors (Lipinski definition) is 0. The zero-order valence-electron chi connectivity index (χ0n) is 30.7. The van der Waals surface area contributed by atoms with Gasteiger partial charge in [0.05, 0.1) is 19.6 Å². The van der Waals surface area contributed by atoms with Gasteiger partial charge in [-0.3, -0.25) is 4.79 Å². The Hall–Kier alpha value is -1.94. The summed E-state index contributed by atoms with van der Waals surface area (Å²) in [7, 11) is 0. The van der Waals surface area contributed by atoms with Crippen LogP contribution in [0.5, 0.6) is 0 Å². The molecule has 0 spiro atoms. The Morgan fingerprint density at radius 2 is 1.66 bits per heavy atom. The predicted octanol–water partition coefficient (Wildman–Crippen LogP) is 10.4. The van der Waals surface area contributed by atoms with Crippen LogP contribution in [0.25, 0.3) is 0 Å². The van der Waals surface area contributed by atoms with Crippen LogP contribution in [0.1, 0.15) is 131 Å². The number of allylic oxidation sites excluding steroid dienone is 1. The second kappa shape index (κ2) is 12.7. The van der Waals surface area contributed by atoms with E-state index in [1.165, 1.54) is 63.2 Å². The van der Waals surface area contributed by atoms with Gasteiger partial charge in [-0.15, -0.1) is 0 Å². The number of rotatable bonds is 10. The van der Waals surface area contributed by atoms with Crippen LogP contribution in [0.2, 0.25) is 0 Å². The Bertz CT molecular complexity index is 1320. The summed E-state index contributed by atoms with van der Waals surface area (Å²) in [5.74, 6) is 3.11. The molecule has 5 saturated carbocycles. The third kappa shape index (κ3) is 5.69. The van der Waals surface area contributed by atoms with E-state index in [0.717, 1.165) is 24.8 Å². The topological polar surface area (TPSA) is 52.6 Å². The molecule has 11 atom stereocenters. The summed E-state index contributed by atoms with van der Waals surface area (Å²) in [4.78, 5) is 25.3. The molecular weight excluding hydrogens is 580 g/mol. The molecule has 4 heteroatoms. The van der Waals surface area contributed by atoms with Gasteiger partial charge in [-0.05, 0) is 134 Å². The average molecular weight is 645 g/mol. The molecule has 1 aromatic carbocycles. The molecule has 0 N–H and O–H groups in total. The van der Waals surface area contributed by atoms with Crippen LogP contribution in [-0.2, 0) is 25.7 Å². The number of aldehydes is 1. The van der Waals surface area contributed by atoms with Gasteiger partial charge in [-0.1, -0.05) is 84.0 Å². The first-order valence-electron chi connectivity index (χ1n) is 19.1. The quantitative estimate of drug-likeness (QED) is 0.144. The van der Waals surface area contributed by atoms with Gasteiger partial charge in [0.25, 0.3) is 0 Å². The largest absolute Gasteiger partial charge is 0.462 e. The number of carbonyl (C=O) groups excluding carboxylic acids is 2. The minimum Gasteiger partial charge on any atom is -0.462 e. The van der Waals surface area contributed by atoms with Gasteiger partial charge in [0.1, 0.15) is 12.4 Å².